The van der Waals surface area contributed by atoms with Crippen molar-refractivity contribution in [2.75, 3.05) is 13.7 Å². The molecule has 0 saturated carbocycles. The molecule has 0 bridgehead atoms. The lowest BCUT2D eigenvalue weighted by molar-refractivity contribution is -0.130. The van der Waals surface area contributed by atoms with Gasteiger partial charge in [0.15, 0.2) is 5.70 Å². The van der Waals surface area contributed by atoms with Gasteiger partial charge in [-0.25, -0.2) is 9.79 Å². The van der Waals surface area contributed by atoms with Crippen LogP contribution in [0, 0.1) is 0 Å². The highest BCUT2D eigenvalue weighted by atomic mass is 35.5. The molecule has 0 atom stereocenters. The molecule has 0 radical (unpaired) electrons. The Hall–Kier alpha value is -3.05. The summed E-state index contributed by atoms with van der Waals surface area (Å²) in [5.74, 6) is 1.25. The van der Waals surface area contributed by atoms with Crippen LogP contribution in [0.1, 0.15) is 11.1 Å². The summed E-state index contributed by atoms with van der Waals surface area (Å²) in [4.78, 5) is 16.4. The number of ether oxygens (including phenoxy) is 3. The van der Waals surface area contributed by atoms with Gasteiger partial charge in [0.25, 0.3) is 0 Å². The lowest BCUT2D eigenvalue weighted by Gasteiger charge is -2.16. The molecule has 26 heavy (non-hydrogen) atoms. The molecule has 5 nitrogen and oxygen atoms in total. The normalized spacial score (nSPS) is 17.2. The van der Waals surface area contributed by atoms with Crippen molar-refractivity contribution in [1.82, 2.24) is 0 Å². The van der Waals surface area contributed by atoms with Gasteiger partial charge in [-0.1, -0.05) is 11.6 Å². The van der Waals surface area contributed by atoms with Crippen LogP contribution in [0.25, 0.3) is 6.08 Å². The van der Waals surface area contributed by atoms with Crippen LogP contribution in [0.3, 0.4) is 0 Å². The highest BCUT2D eigenvalue weighted by Crippen LogP contribution is 2.30. The Morgan fingerprint density at radius 3 is 2.77 bits per heavy atom. The Bertz CT molecular complexity index is 974. The molecule has 0 saturated heterocycles. The van der Waals surface area contributed by atoms with Crippen LogP contribution in [0.5, 0.6) is 11.5 Å². The third-order valence-corrected chi connectivity index (χ3v) is 4.22. The van der Waals surface area contributed by atoms with Crippen LogP contribution < -0.4 is 9.47 Å². The lowest BCUT2D eigenvalue weighted by Crippen LogP contribution is -2.08. The van der Waals surface area contributed by atoms with Gasteiger partial charge >= 0.3 is 5.97 Å². The molecule has 0 aromatic heterocycles. The predicted octanol–water partition coefficient (Wildman–Crippen LogP) is 4.01. The maximum absolute atomic E-state index is 12.1. The average molecular weight is 368 g/mol. The molecule has 0 fully saturated rings. The van der Waals surface area contributed by atoms with E-state index in [9.17, 15) is 4.79 Å². The van der Waals surface area contributed by atoms with Crippen LogP contribution in [0.4, 0.5) is 0 Å². The van der Waals surface area contributed by atoms with E-state index in [1.807, 2.05) is 18.2 Å². The molecule has 0 N–H and O–H groups in total. The lowest BCUT2D eigenvalue weighted by atomic mass is 10.1. The van der Waals surface area contributed by atoms with Gasteiger partial charge in [0.2, 0.25) is 5.90 Å². The fourth-order valence-corrected chi connectivity index (χ4v) is 2.87. The van der Waals surface area contributed by atoms with Gasteiger partial charge in [-0.15, -0.1) is 0 Å². The summed E-state index contributed by atoms with van der Waals surface area (Å²) < 4.78 is 16.1. The average Bonchev–Trinajstić information content (AvgIpc) is 3.02. The van der Waals surface area contributed by atoms with Crippen molar-refractivity contribution >= 4 is 29.5 Å². The number of nitrogens with zero attached hydrogens (tertiary/aromatic N) is 1. The predicted molar refractivity (Wildman–Crippen MR) is 98.6 cm³/mol. The van der Waals surface area contributed by atoms with Gasteiger partial charge < -0.3 is 14.2 Å². The minimum absolute atomic E-state index is 0.233. The van der Waals surface area contributed by atoms with Crippen molar-refractivity contribution in [2.24, 2.45) is 4.99 Å². The second kappa shape index (κ2) is 6.69. The molecule has 2 aromatic carbocycles. The van der Waals surface area contributed by atoms with E-state index in [1.165, 1.54) is 0 Å². The second-order valence-electron chi connectivity index (χ2n) is 5.75. The van der Waals surface area contributed by atoms with Gasteiger partial charge in [0, 0.05) is 16.1 Å². The molecule has 2 heterocycles. The number of rotatable bonds is 3. The Kier molecular flexibility index (Phi) is 4.22. The number of cyclic esters (lactones) is 1. The first-order chi connectivity index (χ1) is 12.6. The van der Waals surface area contributed by atoms with Gasteiger partial charge in [-0.2, -0.15) is 0 Å². The van der Waals surface area contributed by atoms with Crippen molar-refractivity contribution in [2.45, 2.75) is 0 Å². The smallest absolute Gasteiger partial charge is 0.363 e. The Morgan fingerprint density at radius 1 is 1.19 bits per heavy atom. The first kappa shape index (κ1) is 16.4. The van der Waals surface area contributed by atoms with E-state index in [-0.39, 0.29) is 11.6 Å². The summed E-state index contributed by atoms with van der Waals surface area (Å²) in [6.45, 7) is 0.346. The summed E-state index contributed by atoms with van der Waals surface area (Å²) in [6, 6.07) is 12.5. The topological polar surface area (TPSA) is 57.1 Å². The van der Waals surface area contributed by atoms with E-state index in [2.05, 4.69) is 4.99 Å². The van der Waals surface area contributed by atoms with Gasteiger partial charge in [0.05, 0.1) is 7.11 Å². The van der Waals surface area contributed by atoms with Crippen molar-refractivity contribution in [3.63, 3.8) is 0 Å². The number of benzene rings is 2. The Morgan fingerprint density at radius 2 is 2.00 bits per heavy atom. The molecular weight excluding hydrogens is 354 g/mol. The molecule has 0 spiro atoms. The Balaban J connectivity index is 1.62. The molecule has 0 unspecified atom stereocenters. The zero-order chi connectivity index (χ0) is 18.1. The molecule has 130 valence electrons. The van der Waals surface area contributed by atoms with Gasteiger partial charge in [0.1, 0.15) is 18.1 Å². The highest BCUT2D eigenvalue weighted by Gasteiger charge is 2.25. The summed E-state index contributed by atoms with van der Waals surface area (Å²) in [7, 11) is 1.59. The maximum Gasteiger partial charge on any atom is 0.363 e. The van der Waals surface area contributed by atoms with E-state index in [0.717, 1.165) is 22.6 Å². The van der Waals surface area contributed by atoms with E-state index < -0.39 is 5.97 Å². The molecule has 0 aliphatic carbocycles. The summed E-state index contributed by atoms with van der Waals surface area (Å²) in [5, 5.41) is 0.623. The molecule has 4 rings (SSSR count). The molecule has 2 aromatic rings. The molecule has 2 aliphatic rings. The number of carbonyl (C=O) groups is 1. The number of aliphatic imine (C=N–C) groups is 1. The van der Waals surface area contributed by atoms with Crippen LogP contribution in [-0.2, 0) is 9.53 Å². The highest BCUT2D eigenvalue weighted by molar-refractivity contribution is 6.30. The minimum atomic E-state index is -0.492. The number of halogens is 1. The summed E-state index contributed by atoms with van der Waals surface area (Å²) in [6.07, 6.45) is 3.59. The first-order valence-corrected chi connectivity index (χ1v) is 8.30. The van der Waals surface area contributed by atoms with Crippen molar-refractivity contribution in [3.05, 3.63) is 76.0 Å². The summed E-state index contributed by atoms with van der Waals surface area (Å²) in [5.41, 5.74) is 2.61. The molecular formula is C20H14ClNO4. The monoisotopic (exact) mass is 367 g/mol. The largest absolute Gasteiger partial charge is 0.497 e. The minimum Gasteiger partial charge on any atom is -0.497 e. The quantitative estimate of drug-likeness (QED) is 0.607. The van der Waals surface area contributed by atoms with Crippen molar-refractivity contribution < 1.29 is 19.0 Å². The Labute approximate surface area is 155 Å². The van der Waals surface area contributed by atoms with Gasteiger partial charge in [-0.05, 0) is 60.2 Å². The van der Waals surface area contributed by atoms with Crippen LogP contribution in [0.2, 0.25) is 5.02 Å². The zero-order valence-electron chi connectivity index (χ0n) is 13.9. The number of carbonyl (C=O) groups excluding carboxylic acids is 1. The third-order valence-electron chi connectivity index (χ3n) is 3.99. The number of esters is 1. The van der Waals surface area contributed by atoms with Crippen LogP contribution in [0.15, 0.2) is 64.8 Å². The molecule has 0 amide bonds. The van der Waals surface area contributed by atoms with Gasteiger partial charge in [-0.3, -0.25) is 0 Å². The van der Waals surface area contributed by atoms with Crippen molar-refractivity contribution in [1.29, 1.82) is 0 Å². The van der Waals surface area contributed by atoms with E-state index in [4.69, 9.17) is 25.8 Å². The fraction of sp³-hybridized carbons (Fsp3) is 0.100. The van der Waals surface area contributed by atoms with Crippen LogP contribution in [-0.4, -0.2) is 25.6 Å². The van der Waals surface area contributed by atoms with Crippen molar-refractivity contribution in [3.8, 4) is 11.5 Å². The second-order valence-corrected chi connectivity index (χ2v) is 6.19. The number of hydrogen-bond donors (Lipinski definition) is 0. The van der Waals surface area contributed by atoms with E-state index in [1.54, 1.807) is 43.5 Å². The number of fused-ring (bicyclic) bond motifs is 1. The zero-order valence-corrected chi connectivity index (χ0v) is 14.6. The van der Waals surface area contributed by atoms with E-state index >= 15 is 0 Å². The fourth-order valence-electron chi connectivity index (χ4n) is 2.69. The maximum atomic E-state index is 12.1. The summed E-state index contributed by atoms with van der Waals surface area (Å²) >= 11 is 6.02. The van der Waals surface area contributed by atoms with Crippen LogP contribution >= 0.6 is 11.6 Å². The van der Waals surface area contributed by atoms with E-state index in [0.29, 0.717) is 17.2 Å². The molecule has 2 aliphatic heterocycles. The number of hydrogen-bond acceptors (Lipinski definition) is 5. The number of methoxy groups -OCH3 is 1. The third kappa shape index (κ3) is 3.21. The standard InChI is InChI=1S/C20H14ClNO4/c1-24-16-5-2-13(3-6-16)19-22-17(20(23)26-19)9-12-8-14-10-15(21)4-7-18(14)25-11-12/h2-10H,11H2,1H3/b17-9+. The molecule has 6 heteroatoms. The first-order valence-electron chi connectivity index (χ1n) is 7.92. The SMILES string of the molecule is COc1ccc(C2=N/C(=C/C3=Cc4cc(Cl)ccc4OC3)C(=O)O2)cc1.